The zero-order valence-corrected chi connectivity index (χ0v) is 13.4. The number of nitrogens with zero attached hydrogens (tertiary/aromatic N) is 1. The third-order valence-corrected chi connectivity index (χ3v) is 4.06. The second-order valence-electron chi connectivity index (χ2n) is 5.78. The predicted molar refractivity (Wildman–Crippen MR) is 91.1 cm³/mol. The molecule has 0 aromatic heterocycles. The predicted octanol–water partition coefficient (Wildman–Crippen LogP) is 2.91. The molecule has 1 N–H and O–H groups in total. The summed E-state index contributed by atoms with van der Waals surface area (Å²) in [4.78, 5) is 33.1. The minimum absolute atomic E-state index is 0.0558. The number of nitrogens with one attached hydrogen (secondary N) is 1. The summed E-state index contributed by atoms with van der Waals surface area (Å²) in [5.41, 5.74) is 3.04. The number of aldehydes is 1. The van der Waals surface area contributed by atoms with Crippen molar-refractivity contribution in [2.45, 2.75) is 19.3 Å². The topological polar surface area (TPSA) is 98.5 Å². The number of nitro benzene ring substituents is 1. The number of rotatable bonds is 6. The first-order valence-electron chi connectivity index (χ1n) is 7.85. The molecular formula is C18H16N2O5. The fraction of sp³-hybridized carbons (Fsp3) is 0.222. The van der Waals surface area contributed by atoms with Crippen LogP contribution in [0, 0.1) is 10.1 Å². The highest BCUT2D eigenvalue weighted by molar-refractivity contribution is 5.92. The minimum Gasteiger partial charge on any atom is -0.477 e. The van der Waals surface area contributed by atoms with Crippen LogP contribution in [0.25, 0.3) is 0 Å². The normalized spacial score (nSPS) is 12.3. The molecule has 1 amide bonds. The van der Waals surface area contributed by atoms with Crippen molar-refractivity contribution in [3.05, 3.63) is 63.2 Å². The van der Waals surface area contributed by atoms with Gasteiger partial charge in [0.25, 0.3) is 5.91 Å². The van der Waals surface area contributed by atoms with Crippen LogP contribution in [0.3, 0.4) is 0 Å². The van der Waals surface area contributed by atoms with Crippen molar-refractivity contribution in [1.82, 2.24) is 0 Å². The number of hydrogen-bond donors (Lipinski definition) is 1. The Bertz CT molecular complexity index is 847. The lowest BCUT2D eigenvalue weighted by Gasteiger charge is -2.09. The lowest BCUT2D eigenvalue weighted by molar-refractivity contribution is -0.385. The highest BCUT2D eigenvalue weighted by atomic mass is 16.6. The lowest BCUT2D eigenvalue weighted by Crippen LogP contribution is -2.20. The Kier molecular flexibility index (Phi) is 4.74. The number of nitro groups is 1. The third-order valence-electron chi connectivity index (χ3n) is 4.06. The van der Waals surface area contributed by atoms with Crippen LogP contribution in [0.4, 0.5) is 11.4 Å². The first-order valence-corrected chi connectivity index (χ1v) is 7.85. The van der Waals surface area contributed by atoms with Gasteiger partial charge in [0.05, 0.1) is 4.92 Å². The molecule has 0 atom stereocenters. The van der Waals surface area contributed by atoms with Crippen LogP contribution in [-0.4, -0.2) is 23.7 Å². The number of carbonyl (C=O) groups is 2. The molecule has 2 aromatic rings. The van der Waals surface area contributed by atoms with Gasteiger partial charge in [0.2, 0.25) is 0 Å². The van der Waals surface area contributed by atoms with Crippen LogP contribution in [-0.2, 0) is 17.6 Å². The molecule has 0 radical (unpaired) electrons. The molecule has 0 saturated carbocycles. The molecule has 0 saturated heterocycles. The molecule has 0 spiro atoms. The Labute approximate surface area is 143 Å². The number of fused-ring (bicyclic) bond motifs is 1. The van der Waals surface area contributed by atoms with Crippen molar-refractivity contribution < 1.29 is 19.2 Å². The standard InChI is InChI=1S/C18H16N2O5/c21-10-12-4-7-17(16(8-12)20(23)24)25-11-18(22)19-15-6-5-13-2-1-3-14(13)9-15/h4-10H,1-3,11H2,(H,19,22). The van der Waals surface area contributed by atoms with E-state index in [1.54, 1.807) is 0 Å². The smallest absolute Gasteiger partial charge is 0.311 e. The number of amides is 1. The molecule has 0 unspecified atom stereocenters. The van der Waals surface area contributed by atoms with E-state index in [2.05, 4.69) is 5.32 Å². The van der Waals surface area contributed by atoms with Gasteiger partial charge in [-0.05, 0) is 54.7 Å². The van der Waals surface area contributed by atoms with Crippen LogP contribution < -0.4 is 10.1 Å². The number of ether oxygens (including phenoxy) is 1. The van der Waals surface area contributed by atoms with Crippen LogP contribution in [0.2, 0.25) is 0 Å². The summed E-state index contributed by atoms with van der Waals surface area (Å²) in [7, 11) is 0. The Morgan fingerprint density at radius 2 is 2.00 bits per heavy atom. The van der Waals surface area contributed by atoms with Crippen LogP contribution in [0.5, 0.6) is 5.75 Å². The van der Waals surface area contributed by atoms with Gasteiger partial charge < -0.3 is 10.1 Å². The van der Waals surface area contributed by atoms with Gasteiger partial charge in [0.1, 0.15) is 6.29 Å². The molecule has 0 heterocycles. The minimum atomic E-state index is -0.652. The Balaban J connectivity index is 1.64. The zero-order valence-electron chi connectivity index (χ0n) is 13.4. The summed E-state index contributed by atoms with van der Waals surface area (Å²) in [6.07, 6.45) is 3.70. The van der Waals surface area contributed by atoms with Crippen molar-refractivity contribution in [1.29, 1.82) is 0 Å². The van der Waals surface area contributed by atoms with E-state index in [1.165, 1.54) is 23.3 Å². The first kappa shape index (κ1) is 16.6. The van der Waals surface area contributed by atoms with E-state index in [4.69, 9.17) is 4.74 Å². The van der Waals surface area contributed by atoms with Gasteiger partial charge in [-0.15, -0.1) is 0 Å². The second kappa shape index (κ2) is 7.12. The Morgan fingerprint density at radius 3 is 2.76 bits per heavy atom. The van der Waals surface area contributed by atoms with E-state index in [0.29, 0.717) is 12.0 Å². The van der Waals surface area contributed by atoms with Crippen LogP contribution in [0.15, 0.2) is 36.4 Å². The lowest BCUT2D eigenvalue weighted by atomic mass is 10.1. The molecule has 0 aliphatic heterocycles. The van der Waals surface area contributed by atoms with Gasteiger partial charge in [-0.2, -0.15) is 0 Å². The highest BCUT2D eigenvalue weighted by Crippen LogP contribution is 2.28. The SMILES string of the molecule is O=Cc1ccc(OCC(=O)Nc2ccc3c(c2)CCC3)c([N+](=O)[O-])c1. The molecule has 128 valence electrons. The fourth-order valence-corrected chi connectivity index (χ4v) is 2.86. The molecule has 0 bridgehead atoms. The van der Waals surface area contributed by atoms with E-state index in [9.17, 15) is 19.7 Å². The monoisotopic (exact) mass is 340 g/mol. The molecule has 25 heavy (non-hydrogen) atoms. The Morgan fingerprint density at radius 1 is 1.20 bits per heavy atom. The maximum absolute atomic E-state index is 12.0. The third kappa shape index (κ3) is 3.82. The number of aryl methyl sites for hydroxylation is 2. The van der Waals surface area contributed by atoms with E-state index >= 15 is 0 Å². The van der Waals surface area contributed by atoms with Gasteiger partial charge in [0.15, 0.2) is 12.4 Å². The van der Waals surface area contributed by atoms with Crippen molar-refractivity contribution in [2.75, 3.05) is 11.9 Å². The number of hydrogen-bond acceptors (Lipinski definition) is 5. The van der Waals surface area contributed by atoms with E-state index in [0.717, 1.165) is 25.3 Å². The summed E-state index contributed by atoms with van der Waals surface area (Å²) in [5, 5.41) is 13.8. The van der Waals surface area contributed by atoms with Crippen molar-refractivity contribution in [2.24, 2.45) is 0 Å². The van der Waals surface area contributed by atoms with Gasteiger partial charge in [-0.25, -0.2) is 0 Å². The molecule has 7 nitrogen and oxygen atoms in total. The quantitative estimate of drug-likeness (QED) is 0.495. The summed E-state index contributed by atoms with van der Waals surface area (Å²) < 4.78 is 5.25. The second-order valence-corrected chi connectivity index (χ2v) is 5.78. The molecule has 1 aliphatic carbocycles. The van der Waals surface area contributed by atoms with Gasteiger partial charge in [-0.1, -0.05) is 6.07 Å². The summed E-state index contributed by atoms with van der Waals surface area (Å²) in [6.45, 7) is -0.363. The van der Waals surface area contributed by atoms with Crippen LogP contribution >= 0.6 is 0 Å². The van der Waals surface area contributed by atoms with Crippen molar-refractivity contribution >= 4 is 23.6 Å². The number of anilines is 1. The maximum atomic E-state index is 12.0. The summed E-state index contributed by atoms with van der Waals surface area (Å²) in [5.74, 6) is -0.466. The Hall–Kier alpha value is -3.22. The van der Waals surface area contributed by atoms with E-state index < -0.39 is 10.8 Å². The van der Waals surface area contributed by atoms with Gasteiger partial charge >= 0.3 is 5.69 Å². The van der Waals surface area contributed by atoms with E-state index in [1.807, 2.05) is 18.2 Å². The van der Waals surface area contributed by atoms with Crippen molar-refractivity contribution in [3.8, 4) is 5.75 Å². The molecular weight excluding hydrogens is 324 g/mol. The molecule has 1 aliphatic rings. The summed E-state index contributed by atoms with van der Waals surface area (Å²) in [6, 6.07) is 9.60. The molecule has 0 fully saturated rings. The number of benzene rings is 2. The zero-order chi connectivity index (χ0) is 17.8. The van der Waals surface area contributed by atoms with Gasteiger partial charge in [-0.3, -0.25) is 19.7 Å². The molecule has 7 heteroatoms. The fourth-order valence-electron chi connectivity index (χ4n) is 2.86. The maximum Gasteiger partial charge on any atom is 0.311 e. The average molecular weight is 340 g/mol. The molecule has 2 aromatic carbocycles. The number of carbonyl (C=O) groups excluding carboxylic acids is 2. The largest absolute Gasteiger partial charge is 0.477 e. The average Bonchev–Trinajstić information content (AvgIpc) is 3.07. The summed E-state index contributed by atoms with van der Waals surface area (Å²) >= 11 is 0. The van der Waals surface area contributed by atoms with E-state index in [-0.39, 0.29) is 23.6 Å². The highest BCUT2D eigenvalue weighted by Gasteiger charge is 2.17. The van der Waals surface area contributed by atoms with Crippen LogP contribution in [0.1, 0.15) is 27.9 Å². The van der Waals surface area contributed by atoms with Gasteiger partial charge in [0, 0.05) is 17.3 Å². The first-order chi connectivity index (χ1) is 12.1. The van der Waals surface area contributed by atoms with Crippen molar-refractivity contribution in [3.63, 3.8) is 0 Å². The molecule has 3 rings (SSSR count).